The summed E-state index contributed by atoms with van der Waals surface area (Å²) in [5.74, 6) is 1.25. The van der Waals surface area contributed by atoms with Gasteiger partial charge in [0.2, 0.25) is 0 Å². The number of urea groups is 1. The fourth-order valence-electron chi connectivity index (χ4n) is 2.34. The van der Waals surface area contributed by atoms with E-state index >= 15 is 0 Å². The highest BCUT2D eigenvalue weighted by atomic mass is 19.3. The molecule has 0 aliphatic carbocycles. The second-order valence-corrected chi connectivity index (χ2v) is 5.58. The van der Waals surface area contributed by atoms with Crippen LogP contribution in [-0.4, -0.2) is 40.5 Å². The Morgan fingerprint density at radius 3 is 2.61 bits per heavy atom. The molecule has 0 fully saturated rings. The van der Waals surface area contributed by atoms with Gasteiger partial charge in [0, 0.05) is 37.2 Å². The SMILES string of the molecule is O=C(NCCNc1ccc(-n2cccc2)nn1)Nc1cccc(OC(F)F)c1. The van der Waals surface area contributed by atoms with E-state index in [9.17, 15) is 13.6 Å². The number of hydrogen-bond donors (Lipinski definition) is 3. The maximum absolute atomic E-state index is 12.2. The van der Waals surface area contributed by atoms with Crippen molar-refractivity contribution in [1.29, 1.82) is 0 Å². The summed E-state index contributed by atoms with van der Waals surface area (Å²) >= 11 is 0. The average molecular weight is 388 g/mol. The van der Waals surface area contributed by atoms with Crippen LogP contribution in [0.1, 0.15) is 0 Å². The summed E-state index contributed by atoms with van der Waals surface area (Å²) in [4.78, 5) is 11.9. The predicted octanol–water partition coefficient (Wildman–Crippen LogP) is 3.10. The number of amides is 2. The zero-order valence-corrected chi connectivity index (χ0v) is 14.7. The molecule has 0 saturated carbocycles. The Hall–Kier alpha value is -3.69. The van der Waals surface area contributed by atoms with Crippen LogP contribution in [0.15, 0.2) is 60.9 Å². The normalized spacial score (nSPS) is 10.5. The van der Waals surface area contributed by atoms with Crippen molar-refractivity contribution in [1.82, 2.24) is 20.1 Å². The largest absolute Gasteiger partial charge is 0.435 e. The zero-order chi connectivity index (χ0) is 19.8. The zero-order valence-electron chi connectivity index (χ0n) is 14.7. The summed E-state index contributed by atoms with van der Waals surface area (Å²) in [5, 5.41) is 16.4. The van der Waals surface area contributed by atoms with Gasteiger partial charge in [-0.1, -0.05) is 6.07 Å². The molecule has 0 aliphatic heterocycles. The van der Waals surface area contributed by atoms with E-state index in [0.717, 1.165) is 0 Å². The van der Waals surface area contributed by atoms with Crippen molar-refractivity contribution in [3.63, 3.8) is 0 Å². The number of anilines is 2. The number of hydrogen-bond acceptors (Lipinski definition) is 5. The van der Waals surface area contributed by atoms with Gasteiger partial charge in [0.1, 0.15) is 11.6 Å². The van der Waals surface area contributed by atoms with Gasteiger partial charge in [-0.05, 0) is 36.4 Å². The molecule has 2 amide bonds. The lowest BCUT2D eigenvalue weighted by molar-refractivity contribution is -0.0497. The maximum Gasteiger partial charge on any atom is 0.387 e. The Kier molecular flexibility index (Phi) is 6.34. The van der Waals surface area contributed by atoms with Crippen LogP contribution in [-0.2, 0) is 0 Å². The molecule has 0 bridgehead atoms. The second kappa shape index (κ2) is 9.31. The topological polar surface area (TPSA) is 93.1 Å². The van der Waals surface area contributed by atoms with Gasteiger partial charge >= 0.3 is 12.6 Å². The highest BCUT2D eigenvalue weighted by molar-refractivity contribution is 5.89. The van der Waals surface area contributed by atoms with Crippen molar-refractivity contribution < 1.29 is 18.3 Å². The van der Waals surface area contributed by atoms with E-state index in [0.29, 0.717) is 30.4 Å². The summed E-state index contributed by atoms with van der Waals surface area (Å²) in [5.41, 5.74) is 0.343. The molecule has 0 spiro atoms. The molecule has 1 aromatic carbocycles. The quantitative estimate of drug-likeness (QED) is 0.516. The number of halogens is 2. The van der Waals surface area contributed by atoms with Gasteiger partial charge in [0.25, 0.3) is 0 Å². The first-order valence-electron chi connectivity index (χ1n) is 8.41. The lowest BCUT2D eigenvalue weighted by atomic mass is 10.3. The van der Waals surface area contributed by atoms with E-state index in [1.54, 1.807) is 12.1 Å². The number of rotatable bonds is 8. The first kappa shape index (κ1) is 19.1. The van der Waals surface area contributed by atoms with Crippen LogP contribution in [0.3, 0.4) is 0 Å². The van der Waals surface area contributed by atoms with Crippen LogP contribution in [0.5, 0.6) is 5.75 Å². The number of ether oxygens (including phenoxy) is 1. The van der Waals surface area contributed by atoms with E-state index in [1.165, 1.54) is 18.2 Å². The smallest absolute Gasteiger partial charge is 0.387 e. The first-order valence-corrected chi connectivity index (χ1v) is 8.41. The van der Waals surface area contributed by atoms with Gasteiger partial charge < -0.3 is 25.3 Å². The van der Waals surface area contributed by atoms with Gasteiger partial charge in [0.15, 0.2) is 5.82 Å². The van der Waals surface area contributed by atoms with Gasteiger partial charge in [0.05, 0.1) is 0 Å². The molecule has 8 nitrogen and oxygen atoms in total. The molecule has 0 unspecified atom stereocenters. The Morgan fingerprint density at radius 2 is 1.89 bits per heavy atom. The fourth-order valence-corrected chi connectivity index (χ4v) is 2.34. The number of nitrogens with zero attached hydrogens (tertiary/aromatic N) is 3. The minimum Gasteiger partial charge on any atom is -0.435 e. The average Bonchev–Trinajstić information content (AvgIpc) is 3.20. The van der Waals surface area contributed by atoms with Crippen LogP contribution < -0.4 is 20.7 Å². The van der Waals surface area contributed by atoms with Crippen molar-refractivity contribution >= 4 is 17.5 Å². The molecule has 0 saturated heterocycles. The molecule has 0 aliphatic rings. The van der Waals surface area contributed by atoms with Gasteiger partial charge in [-0.15, -0.1) is 10.2 Å². The summed E-state index contributed by atoms with van der Waals surface area (Å²) in [6.07, 6.45) is 3.74. The van der Waals surface area contributed by atoms with E-state index < -0.39 is 12.6 Å². The molecule has 146 valence electrons. The predicted molar refractivity (Wildman–Crippen MR) is 99.9 cm³/mol. The Balaban J connectivity index is 1.40. The summed E-state index contributed by atoms with van der Waals surface area (Å²) in [7, 11) is 0. The van der Waals surface area contributed by atoms with Crippen LogP contribution in [0.25, 0.3) is 5.82 Å². The monoisotopic (exact) mass is 388 g/mol. The molecule has 3 rings (SSSR count). The van der Waals surface area contributed by atoms with Crippen LogP contribution in [0.4, 0.5) is 25.1 Å². The van der Waals surface area contributed by atoms with Crippen molar-refractivity contribution in [2.24, 2.45) is 0 Å². The molecule has 10 heteroatoms. The molecule has 0 atom stereocenters. The third-order valence-corrected chi connectivity index (χ3v) is 3.55. The Labute approximate surface area is 159 Å². The molecule has 3 aromatic rings. The fraction of sp³-hybridized carbons (Fsp3) is 0.167. The number of alkyl halides is 2. The van der Waals surface area contributed by atoms with Crippen LogP contribution in [0.2, 0.25) is 0 Å². The number of aromatic nitrogens is 3. The Bertz CT molecular complexity index is 887. The summed E-state index contributed by atoms with van der Waals surface area (Å²) < 4.78 is 30.6. The summed E-state index contributed by atoms with van der Waals surface area (Å²) in [6, 6.07) is 12.7. The summed E-state index contributed by atoms with van der Waals surface area (Å²) in [6.45, 7) is -2.17. The van der Waals surface area contributed by atoms with E-state index in [2.05, 4.69) is 30.9 Å². The van der Waals surface area contributed by atoms with Gasteiger partial charge in [-0.2, -0.15) is 8.78 Å². The van der Waals surface area contributed by atoms with Crippen LogP contribution in [0, 0.1) is 0 Å². The van der Waals surface area contributed by atoms with Crippen molar-refractivity contribution in [2.75, 3.05) is 23.7 Å². The molecule has 0 radical (unpaired) electrons. The lowest BCUT2D eigenvalue weighted by Gasteiger charge is -2.10. The van der Waals surface area contributed by atoms with Gasteiger partial charge in [-0.3, -0.25) is 0 Å². The minimum atomic E-state index is -2.92. The second-order valence-electron chi connectivity index (χ2n) is 5.58. The van der Waals surface area contributed by atoms with E-state index in [4.69, 9.17) is 0 Å². The lowest BCUT2D eigenvalue weighted by Crippen LogP contribution is -2.32. The molecular weight excluding hydrogens is 370 g/mol. The molecule has 2 heterocycles. The molecular formula is C18H18F2N6O2. The third-order valence-electron chi connectivity index (χ3n) is 3.55. The van der Waals surface area contributed by atoms with Crippen molar-refractivity contribution in [3.8, 4) is 11.6 Å². The Morgan fingerprint density at radius 1 is 1.07 bits per heavy atom. The van der Waals surface area contributed by atoms with E-state index in [-0.39, 0.29) is 5.75 Å². The van der Waals surface area contributed by atoms with Crippen molar-refractivity contribution in [3.05, 3.63) is 60.9 Å². The molecule has 3 N–H and O–H groups in total. The van der Waals surface area contributed by atoms with Crippen molar-refractivity contribution in [2.45, 2.75) is 6.61 Å². The number of carbonyl (C=O) groups excluding carboxylic acids is 1. The molecule has 2 aromatic heterocycles. The highest BCUT2D eigenvalue weighted by Crippen LogP contribution is 2.19. The number of carbonyl (C=O) groups is 1. The first-order chi connectivity index (χ1) is 13.6. The van der Waals surface area contributed by atoms with E-state index in [1.807, 2.05) is 35.2 Å². The molecule has 28 heavy (non-hydrogen) atoms. The highest BCUT2D eigenvalue weighted by Gasteiger charge is 2.06. The number of benzene rings is 1. The van der Waals surface area contributed by atoms with Gasteiger partial charge in [-0.25, -0.2) is 4.79 Å². The maximum atomic E-state index is 12.2. The standard InChI is InChI=1S/C18H18F2N6O2/c19-17(20)28-14-5-3-4-13(12-14)23-18(27)22-9-8-21-15-6-7-16(25-24-15)26-10-1-2-11-26/h1-7,10-12,17H,8-9H2,(H,21,24)(H2,22,23,27). The van der Waals surface area contributed by atoms with Crippen LogP contribution >= 0.6 is 0 Å². The minimum absolute atomic E-state index is 0.0311. The number of nitrogens with one attached hydrogen (secondary N) is 3. The third kappa shape index (κ3) is 5.66.